The molecule has 0 aromatic heterocycles. The summed E-state index contributed by atoms with van der Waals surface area (Å²) >= 11 is 0. The highest BCUT2D eigenvalue weighted by atomic mass is 14.5. The van der Waals surface area contributed by atoms with E-state index in [-0.39, 0.29) is 0 Å². The fraction of sp³-hybridized carbons (Fsp3) is 1.00. The van der Waals surface area contributed by atoms with Crippen molar-refractivity contribution in [2.75, 3.05) is 6.54 Å². The molecule has 0 unspecified atom stereocenters. The van der Waals surface area contributed by atoms with Gasteiger partial charge < -0.3 is 5.73 Å². The largest absolute Gasteiger partial charge is 0.330 e. The Bertz CT molecular complexity index is 61.6. The van der Waals surface area contributed by atoms with Crippen LogP contribution >= 0.6 is 0 Å². The second-order valence-corrected chi connectivity index (χ2v) is 2.94. The van der Waals surface area contributed by atoms with E-state index >= 15 is 0 Å². The molecule has 1 heteroatoms. The molecule has 2 N–H and O–H groups in total. The van der Waals surface area contributed by atoms with Crippen LogP contribution in [-0.2, 0) is 0 Å². The molecule has 9 heavy (non-hydrogen) atoms. The van der Waals surface area contributed by atoms with Crippen LogP contribution in [0.4, 0.5) is 0 Å². The summed E-state index contributed by atoms with van der Waals surface area (Å²) in [5.41, 5.74) is 5.42. The van der Waals surface area contributed by atoms with Crippen molar-refractivity contribution in [2.24, 2.45) is 17.6 Å². The number of rotatable bonds is 4. The van der Waals surface area contributed by atoms with Crippen molar-refractivity contribution in [1.29, 1.82) is 0 Å². The van der Waals surface area contributed by atoms with E-state index in [2.05, 4.69) is 20.8 Å². The van der Waals surface area contributed by atoms with Gasteiger partial charge in [0.05, 0.1) is 0 Å². The molecule has 2 atom stereocenters. The van der Waals surface area contributed by atoms with Gasteiger partial charge in [-0.2, -0.15) is 0 Å². The van der Waals surface area contributed by atoms with E-state index in [1.165, 1.54) is 12.8 Å². The van der Waals surface area contributed by atoms with Gasteiger partial charge in [-0.15, -0.1) is 0 Å². The first-order valence-corrected chi connectivity index (χ1v) is 3.92. The highest BCUT2D eigenvalue weighted by Gasteiger charge is 2.07. The fourth-order valence-corrected chi connectivity index (χ4v) is 0.950. The van der Waals surface area contributed by atoms with Crippen LogP contribution in [0.1, 0.15) is 33.6 Å². The quantitative estimate of drug-likeness (QED) is 0.617. The molecule has 0 saturated carbocycles. The van der Waals surface area contributed by atoms with Gasteiger partial charge in [-0.05, 0) is 24.8 Å². The Hall–Kier alpha value is -0.0400. The Labute approximate surface area is 58.6 Å². The van der Waals surface area contributed by atoms with Crippen molar-refractivity contribution >= 4 is 0 Å². The van der Waals surface area contributed by atoms with Crippen LogP contribution < -0.4 is 5.73 Å². The van der Waals surface area contributed by atoms with Gasteiger partial charge in [-0.1, -0.05) is 27.2 Å². The summed E-state index contributed by atoms with van der Waals surface area (Å²) in [5, 5.41) is 0. The number of nitrogens with two attached hydrogens (primary N) is 1. The molecule has 0 rings (SSSR count). The minimum absolute atomic E-state index is 0.806. The molecule has 0 saturated heterocycles. The van der Waals surface area contributed by atoms with E-state index in [4.69, 9.17) is 5.73 Å². The maximum atomic E-state index is 5.42. The lowest BCUT2D eigenvalue weighted by Crippen LogP contribution is -2.12. The standard InChI is InChI=1S/C8H19N/c1-4-7(2)8(3)5-6-9/h7-8H,4-6,9H2,1-3H3/t7-,8-/m0/s1. The zero-order valence-electron chi connectivity index (χ0n) is 6.85. The maximum absolute atomic E-state index is 5.42. The van der Waals surface area contributed by atoms with Gasteiger partial charge in [0.2, 0.25) is 0 Å². The van der Waals surface area contributed by atoms with Crippen LogP contribution in [0.2, 0.25) is 0 Å². The molecule has 0 aromatic carbocycles. The van der Waals surface area contributed by atoms with Crippen LogP contribution in [0.25, 0.3) is 0 Å². The normalized spacial score (nSPS) is 17.3. The van der Waals surface area contributed by atoms with Crippen LogP contribution in [0.15, 0.2) is 0 Å². The van der Waals surface area contributed by atoms with Crippen LogP contribution in [0, 0.1) is 11.8 Å². The minimum Gasteiger partial charge on any atom is -0.330 e. The summed E-state index contributed by atoms with van der Waals surface area (Å²) < 4.78 is 0. The average Bonchev–Trinajstić information content (AvgIpc) is 1.87. The van der Waals surface area contributed by atoms with E-state index in [1.807, 2.05) is 0 Å². The molecular weight excluding hydrogens is 110 g/mol. The maximum Gasteiger partial charge on any atom is -0.00746 e. The van der Waals surface area contributed by atoms with Crippen molar-refractivity contribution in [3.8, 4) is 0 Å². The lowest BCUT2D eigenvalue weighted by molar-refractivity contribution is 0.359. The Kier molecular flexibility index (Phi) is 4.78. The fourth-order valence-electron chi connectivity index (χ4n) is 0.950. The van der Waals surface area contributed by atoms with Crippen molar-refractivity contribution in [2.45, 2.75) is 33.6 Å². The molecule has 0 aliphatic carbocycles. The van der Waals surface area contributed by atoms with E-state index in [0.717, 1.165) is 18.4 Å². The lowest BCUT2D eigenvalue weighted by atomic mass is 9.91. The minimum atomic E-state index is 0.806. The third kappa shape index (κ3) is 3.52. The first-order chi connectivity index (χ1) is 4.22. The zero-order chi connectivity index (χ0) is 7.28. The second-order valence-electron chi connectivity index (χ2n) is 2.94. The summed E-state index contributed by atoms with van der Waals surface area (Å²) in [4.78, 5) is 0. The molecule has 56 valence electrons. The van der Waals surface area contributed by atoms with Gasteiger partial charge in [-0.3, -0.25) is 0 Å². The van der Waals surface area contributed by atoms with E-state index in [0.29, 0.717) is 0 Å². The lowest BCUT2D eigenvalue weighted by Gasteiger charge is -2.16. The second kappa shape index (κ2) is 4.80. The molecule has 1 nitrogen and oxygen atoms in total. The Balaban J connectivity index is 3.32. The molecule has 0 amide bonds. The Morgan fingerprint density at radius 1 is 1.22 bits per heavy atom. The molecular formula is C8H19N. The molecule has 0 spiro atoms. The molecule has 0 heterocycles. The summed E-state index contributed by atoms with van der Waals surface area (Å²) in [6, 6.07) is 0. The highest BCUT2D eigenvalue weighted by Crippen LogP contribution is 2.16. The van der Waals surface area contributed by atoms with Gasteiger partial charge in [0.15, 0.2) is 0 Å². The molecule has 0 aliphatic rings. The highest BCUT2D eigenvalue weighted by molar-refractivity contribution is 4.59. The molecule has 0 aliphatic heterocycles. The molecule has 0 radical (unpaired) electrons. The number of hydrogen-bond acceptors (Lipinski definition) is 1. The van der Waals surface area contributed by atoms with Crippen molar-refractivity contribution in [3.05, 3.63) is 0 Å². The van der Waals surface area contributed by atoms with E-state index < -0.39 is 0 Å². The third-order valence-corrected chi connectivity index (χ3v) is 2.24. The Morgan fingerprint density at radius 3 is 2.11 bits per heavy atom. The Morgan fingerprint density at radius 2 is 1.78 bits per heavy atom. The third-order valence-electron chi connectivity index (χ3n) is 2.24. The van der Waals surface area contributed by atoms with Crippen molar-refractivity contribution < 1.29 is 0 Å². The first kappa shape index (κ1) is 8.96. The van der Waals surface area contributed by atoms with Crippen molar-refractivity contribution in [1.82, 2.24) is 0 Å². The van der Waals surface area contributed by atoms with Gasteiger partial charge in [-0.25, -0.2) is 0 Å². The zero-order valence-corrected chi connectivity index (χ0v) is 6.85. The van der Waals surface area contributed by atoms with E-state index in [1.54, 1.807) is 0 Å². The van der Waals surface area contributed by atoms with Gasteiger partial charge in [0.25, 0.3) is 0 Å². The molecule has 0 aromatic rings. The van der Waals surface area contributed by atoms with Gasteiger partial charge >= 0.3 is 0 Å². The van der Waals surface area contributed by atoms with Crippen LogP contribution in [0.3, 0.4) is 0 Å². The van der Waals surface area contributed by atoms with Gasteiger partial charge in [0.1, 0.15) is 0 Å². The van der Waals surface area contributed by atoms with Gasteiger partial charge in [0, 0.05) is 0 Å². The monoisotopic (exact) mass is 129 g/mol. The summed E-state index contributed by atoms with van der Waals surface area (Å²) in [6.07, 6.45) is 2.45. The van der Waals surface area contributed by atoms with Crippen LogP contribution in [0.5, 0.6) is 0 Å². The van der Waals surface area contributed by atoms with Crippen molar-refractivity contribution in [3.63, 3.8) is 0 Å². The predicted octanol–water partition coefficient (Wildman–Crippen LogP) is 2.02. The van der Waals surface area contributed by atoms with E-state index in [9.17, 15) is 0 Å². The topological polar surface area (TPSA) is 26.0 Å². The summed E-state index contributed by atoms with van der Waals surface area (Å²) in [6.45, 7) is 7.64. The molecule has 0 fully saturated rings. The summed E-state index contributed by atoms with van der Waals surface area (Å²) in [5.74, 6) is 1.65. The molecule has 0 bridgehead atoms. The summed E-state index contributed by atoms with van der Waals surface area (Å²) in [7, 11) is 0. The number of hydrogen-bond donors (Lipinski definition) is 1. The SMILES string of the molecule is CC[C@H](C)[C@@H](C)CCN. The smallest absolute Gasteiger partial charge is 0.00746 e. The predicted molar refractivity (Wildman–Crippen MR) is 42.3 cm³/mol. The van der Waals surface area contributed by atoms with Crippen LogP contribution in [-0.4, -0.2) is 6.54 Å². The first-order valence-electron chi connectivity index (χ1n) is 3.92. The average molecular weight is 129 g/mol.